The molecule has 2 aromatic rings. The third kappa shape index (κ3) is 4.12. The number of hydrogen-bond acceptors (Lipinski definition) is 6. The number of fused-ring (bicyclic) bond motifs is 2. The summed E-state index contributed by atoms with van der Waals surface area (Å²) >= 11 is 0. The molecule has 1 unspecified atom stereocenters. The van der Waals surface area contributed by atoms with E-state index in [2.05, 4.69) is 18.9 Å². The summed E-state index contributed by atoms with van der Waals surface area (Å²) in [5.74, 6) is 8.56. The summed E-state index contributed by atoms with van der Waals surface area (Å²) in [6.07, 6.45) is 0.912. The van der Waals surface area contributed by atoms with E-state index in [9.17, 15) is 4.79 Å². The SMILES string of the molecule is CCOC(=O)c1ccccc1OCC#C[C@H]1c2c(cc3c(c2OC)OCO3)CC[NH+]1C. The molecule has 2 atom stereocenters. The number of esters is 1. The maximum absolute atomic E-state index is 12.1. The van der Waals surface area contributed by atoms with Gasteiger partial charge in [0.15, 0.2) is 17.5 Å². The number of benzene rings is 2. The van der Waals surface area contributed by atoms with E-state index < -0.39 is 5.97 Å². The topological polar surface area (TPSA) is 67.7 Å². The van der Waals surface area contributed by atoms with Crippen molar-refractivity contribution in [3.05, 3.63) is 47.0 Å². The molecule has 4 rings (SSSR count). The fourth-order valence-corrected chi connectivity index (χ4v) is 3.95. The number of quaternary nitrogens is 1. The quantitative estimate of drug-likeness (QED) is 0.583. The molecule has 0 aromatic heterocycles. The van der Waals surface area contributed by atoms with Crippen LogP contribution in [0.2, 0.25) is 0 Å². The van der Waals surface area contributed by atoms with Crippen LogP contribution in [0.4, 0.5) is 0 Å². The van der Waals surface area contributed by atoms with Gasteiger partial charge in [-0.05, 0) is 36.6 Å². The van der Waals surface area contributed by atoms with E-state index in [0.29, 0.717) is 29.4 Å². The molecule has 7 heteroatoms. The van der Waals surface area contributed by atoms with Gasteiger partial charge >= 0.3 is 5.97 Å². The predicted molar refractivity (Wildman–Crippen MR) is 113 cm³/mol. The van der Waals surface area contributed by atoms with Gasteiger partial charge in [-0.1, -0.05) is 18.1 Å². The summed E-state index contributed by atoms with van der Waals surface area (Å²) in [5.41, 5.74) is 2.60. The van der Waals surface area contributed by atoms with Crippen LogP contribution in [-0.4, -0.2) is 46.7 Å². The average molecular weight is 424 g/mol. The molecule has 31 heavy (non-hydrogen) atoms. The Hall–Kier alpha value is -3.37. The Bertz CT molecular complexity index is 1040. The largest absolute Gasteiger partial charge is 0.492 e. The average Bonchev–Trinajstić information content (AvgIpc) is 3.25. The highest BCUT2D eigenvalue weighted by Gasteiger charge is 2.35. The summed E-state index contributed by atoms with van der Waals surface area (Å²) in [4.78, 5) is 13.4. The van der Waals surface area contributed by atoms with Crippen LogP contribution in [0, 0.1) is 11.8 Å². The minimum atomic E-state index is -0.405. The zero-order valence-electron chi connectivity index (χ0n) is 17.9. The van der Waals surface area contributed by atoms with Gasteiger partial charge in [0.05, 0.1) is 32.9 Å². The second kappa shape index (κ2) is 9.19. The molecule has 2 aromatic carbocycles. The predicted octanol–water partition coefficient (Wildman–Crippen LogP) is 1.79. The first kappa shape index (κ1) is 20.9. The van der Waals surface area contributed by atoms with Gasteiger partial charge in [0, 0.05) is 6.42 Å². The Labute approximate surface area is 181 Å². The Balaban J connectivity index is 1.56. The zero-order valence-corrected chi connectivity index (χ0v) is 17.9. The van der Waals surface area contributed by atoms with Crippen molar-refractivity contribution in [2.45, 2.75) is 19.4 Å². The lowest BCUT2D eigenvalue weighted by Crippen LogP contribution is -3.10. The van der Waals surface area contributed by atoms with Gasteiger partial charge in [-0.2, -0.15) is 0 Å². The highest BCUT2D eigenvalue weighted by molar-refractivity contribution is 5.92. The molecular formula is C24H26NO6+. The van der Waals surface area contributed by atoms with Gasteiger partial charge in [-0.15, -0.1) is 0 Å². The highest BCUT2D eigenvalue weighted by Crippen LogP contribution is 2.47. The third-order valence-corrected chi connectivity index (χ3v) is 5.45. The fraction of sp³-hybridized carbons (Fsp3) is 0.375. The Morgan fingerprint density at radius 3 is 2.94 bits per heavy atom. The third-order valence-electron chi connectivity index (χ3n) is 5.45. The highest BCUT2D eigenvalue weighted by atomic mass is 16.7. The molecule has 1 N–H and O–H groups in total. The van der Waals surface area contributed by atoms with Crippen molar-refractivity contribution in [3.8, 4) is 34.8 Å². The van der Waals surface area contributed by atoms with E-state index >= 15 is 0 Å². The fourth-order valence-electron chi connectivity index (χ4n) is 3.95. The summed E-state index contributed by atoms with van der Waals surface area (Å²) in [6.45, 7) is 3.38. The zero-order chi connectivity index (χ0) is 21.8. The second-order valence-corrected chi connectivity index (χ2v) is 7.32. The van der Waals surface area contributed by atoms with Crippen LogP contribution in [-0.2, 0) is 11.2 Å². The molecular weight excluding hydrogens is 398 g/mol. The number of nitrogens with one attached hydrogen (secondary N) is 1. The van der Waals surface area contributed by atoms with Crippen molar-refractivity contribution in [2.75, 3.05) is 40.7 Å². The van der Waals surface area contributed by atoms with Crippen LogP contribution in [0.15, 0.2) is 30.3 Å². The normalized spacial score (nSPS) is 18.4. The minimum Gasteiger partial charge on any atom is -0.492 e. The lowest BCUT2D eigenvalue weighted by molar-refractivity contribution is -0.905. The van der Waals surface area contributed by atoms with E-state index in [-0.39, 0.29) is 19.4 Å². The molecule has 0 saturated carbocycles. The van der Waals surface area contributed by atoms with Gasteiger partial charge in [0.2, 0.25) is 12.5 Å². The van der Waals surface area contributed by atoms with Crippen LogP contribution in [0.5, 0.6) is 23.0 Å². The molecule has 2 heterocycles. The van der Waals surface area contributed by atoms with Gasteiger partial charge in [-0.3, -0.25) is 0 Å². The molecule has 0 fully saturated rings. The minimum absolute atomic E-state index is 0.0860. The van der Waals surface area contributed by atoms with Crippen molar-refractivity contribution in [1.82, 2.24) is 0 Å². The molecule has 7 nitrogen and oxygen atoms in total. The van der Waals surface area contributed by atoms with Gasteiger partial charge in [0.1, 0.15) is 17.9 Å². The Morgan fingerprint density at radius 1 is 1.29 bits per heavy atom. The number of carbonyl (C=O) groups is 1. The summed E-state index contributed by atoms with van der Waals surface area (Å²) in [7, 11) is 3.75. The molecule has 0 bridgehead atoms. The molecule has 0 amide bonds. The number of methoxy groups -OCH3 is 1. The molecule has 0 spiro atoms. The first-order chi connectivity index (χ1) is 15.1. The van der Waals surface area contributed by atoms with Crippen LogP contribution in [0.3, 0.4) is 0 Å². The van der Waals surface area contributed by atoms with Crippen molar-refractivity contribution in [1.29, 1.82) is 0 Å². The molecule has 2 aliphatic rings. The molecule has 2 aliphatic heterocycles. The second-order valence-electron chi connectivity index (χ2n) is 7.32. The van der Waals surface area contributed by atoms with Gasteiger partial charge in [0.25, 0.3) is 0 Å². The van der Waals surface area contributed by atoms with Crippen LogP contribution in [0.25, 0.3) is 0 Å². The molecule has 0 aliphatic carbocycles. The van der Waals surface area contributed by atoms with Crippen molar-refractivity contribution in [3.63, 3.8) is 0 Å². The van der Waals surface area contributed by atoms with E-state index in [0.717, 1.165) is 24.3 Å². The number of carbonyl (C=O) groups excluding carboxylic acids is 1. The standard InChI is InChI=1S/C24H25NO6/c1-4-28-24(26)17-8-5-6-10-19(17)29-13-7-9-18-21-16(11-12-25(18)2)14-20-22(23(21)27-3)31-15-30-20/h5-6,8,10,14,18H,4,11-13,15H2,1-3H3/p+1/t18-/m0/s1. The number of likely N-dealkylation sites (N-methyl/N-ethyl adjacent to an activating group) is 1. The van der Waals surface area contributed by atoms with Crippen LogP contribution in [0.1, 0.15) is 34.5 Å². The van der Waals surface area contributed by atoms with Gasteiger partial charge < -0.3 is 28.6 Å². The van der Waals surface area contributed by atoms with E-state index in [1.807, 2.05) is 12.1 Å². The molecule has 0 radical (unpaired) electrons. The van der Waals surface area contributed by atoms with E-state index in [1.54, 1.807) is 32.2 Å². The van der Waals surface area contributed by atoms with Crippen LogP contribution < -0.4 is 23.8 Å². The Kier molecular flexibility index (Phi) is 6.19. The maximum Gasteiger partial charge on any atom is 0.341 e. The number of hydrogen-bond donors (Lipinski definition) is 1. The van der Waals surface area contributed by atoms with Crippen LogP contribution >= 0.6 is 0 Å². The summed E-state index contributed by atoms with van der Waals surface area (Å²) in [5, 5.41) is 0. The summed E-state index contributed by atoms with van der Waals surface area (Å²) < 4.78 is 27.8. The first-order valence-corrected chi connectivity index (χ1v) is 10.3. The number of rotatable bonds is 5. The van der Waals surface area contributed by atoms with Crippen molar-refractivity contribution >= 4 is 5.97 Å². The van der Waals surface area contributed by atoms with Crippen molar-refractivity contribution in [2.24, 2.45) is 0 Å². The molecule has 0 saturated heterocycles. The smallest absolute Gasteiger partial charge is 0.341 e. The number of para-hydroxylation sites is 1. The molecule has 162 valence electrons. The summed E-state index contributed by atoms with van der Waals surface area (Å²) in [6, 6.07) is 8.96. The van der Waals surface area contributed by atoms with Gasteiger partial charge in [-0.25, -0.2) is 4.79 Å². The lowest BCUT2D eigenvalue weighted by atomic mass is 9.91. The Morgan fingerprint density at radius 2 is 2.13 bits per heavy atom. The monoisotopic (exact) mass is 424 g/mol. The number of ether oxygens (including phenoxy) is 5. The van der Waals surface area contributed by atoms with Crippen molar-refractivity contribution < 1.29 is 33.4 Å². The van der Waals surface area contributed by atoms with E-state index in [1.165, 1.54) is 10.5 Å². The first-order valence-electron chi connectivity index (χ1n) is 10.3. The lowest BCUT2D eigenvalue weighted by Gasteiger charge is -2.30. The maximum atomic E-state index is 12.1. The van der Waals surface area contributed by atoms with E-state index in [4.69, 9.17) is 23.7 Å².